The molecule has 1 amide bonds. The Labute approximate surface area is 166 Å². The Morgan fingerprint density at radius 2 is 1.57 bits per heavy atom. The van der Waals surface area contributed by atoms with E-state index in [0.29, 0.717) is 13.2 Å². The number of hydrogen-bond acceptors (Lipinski definition) is 4. The predicted octanol–water partition coefficient (Wildman–Crippen LogP) is 3.82. The minimum Gasteiger partial charge on any atom is -0.347 e. The Morgan fingerprint density at radius 3 is 2.18 bits per heavy atom. The van der Waals surface area contributed by atoms with Gasteiger partial charge in [-0.3, -0.25) is 9.69 Å². The zero-order valence-electron chi connectivity index (χ0n) is 16.6. The van der Waals surface area contributed by atoms with Gasteiger partial charge < -0.3 is 14.8 Å². The van der Waals surface area contributed by atoms with Gasteiger partial charge in [-0.15, -0.1) is 0 Å². The molecule has 2 aliphatic rings. The van der Waals surface area contributed by atoms with Gasteiger partial charge in [0, 0.05) is 31.6 Å². The van der Waals surface area contributed by atoms with E-state index in [1.54, 1.807) is 0 Å². The highest BCUT2D eigenvalue weighted by molar-refractivity contribution is 5.96. The first-order valence-corrected chi connectivity index (χ1v) is 10.0. The summed E-state index contributed by atoms with van der Waals surface area (Å²) < 4.78 is 11.7. The first-order chi connectivity index (χ1) is 13.6. The number of benzene rings is 2. The number of aryl methyl sites for hydroxylation is 2. The molecule has 2 fully saturated rings. The molecule has 0 aromatic heterocycles. The van der Waals surface area contributed by atoms with Crippen LogP contribution in [0.25, 0.3) is 0 Å². The third kappa shape index (κ3) is 3.83. The summed E-state index contributed by atoms with van der Waals surface area (Å²) in [6.45, 7) is 6.91. The molecule has 148 valence electrons. The van der Waals surface area contributed by atoms with Crippen LogP contribution in [-0.4, -0.2) is 42.9 Å². The SMILES string of the molecule is Cc1cccc(C)c1NC(=O)[C@@H](c1ccccc1)N1CCC2(CC1)OCCO2. The van der Waals surface area contributed by atoms with Crippen molar-refractivity contribution in [2.24, 2.45) is 0 Å². The van der Waals surface area contributed by atoms with Crippen molar-refractivity contribution in [3.63, 3.8) is 0 Å². The van der Waals surface area contributed by atoms with Crippen LogP contribution in [0.4, 0.5) is 5.69 Å². The second kappa shape index (κ2) is 8.03. The van der Waals surface area contributed by atoms with Gasteiger partial charge in [0.2, 0.25) is 5.91 Å². The standard InChI is InChI=1S/C23H28N2O3/c1-17-7-6-8-18(2)20(17)24-22(26)21(19-9-4-3-5-10-19)25-13-11-23(12-14-25)27-15-16-28-23/h3-10,21H,11-16H2,1-2H3,(H,24,26)/t21-/m1/s1. The summed E-state index contributed by atoms with van der Waals surface area (Å²) in [6.07, 6.45) is 1.57. The fourth-order valence-corrected chi connectivity index (χ4v) is 4.28. The fraction of sp³-hybridized carbons (Fsp3) is 0.435. The van der Waals surface area contributed by atoms with Crippen molar-refractivity contribution in [1.82, 2.24) is 4.90 Å². The van der Waals surface area contributed by atoms with Crippen molar-refractivity contribution in [3.8, 4) is 0 Å². The number of hydrogen-bond donors (Lipinski definition) is 1. The number of para-hydroxylation sites is 1. The lowest BCUT2D eigenvalue weighted by atomic mass is 9.97. The lowest BCUT2D eigenvalue weighted by Gasteiger charge is -2.40. The van der Waals surface area contributed by atoms with E-state index in [1.807, 2.05) is 62.4 Å². The lowest BCUT2D eigenvalue weighted by molar-refractivity contribution is -0.188. The van der Waals surface area contributed by atoms with Crippen LogP contribution in [0.1, 0.15) is 35.6 Å². The third-order valence-corrected chi connectivity index (χ3v) is 5.83. The highest BCUT2D eigenvalue weighted by Gasteiger charge is 2.42. The van der Waals surface area contributed by atoms with E-state index >= 15 is 0 Å². The minimum atomic E-state index is -0.444. The molecule has 1 atom stereocenters. The van der Waals surface area contributed by atoms with Gasteiger partial charge in [0.15, 0.2) is 5.79 Å². The Kier molecular flexibility index (Phi) is 5.49. The molecule has 2 saturated heterocycles. The number of piperidine rings is 1. The van der Waals surface area contributed by atoms with E-state index in [1.165, 1.54) is 0 Å². The molecule has 0 unspecified atom stereocenters. The summed E-state index contributed by atoms with van der Waals surface area (Å²) in [6, 6.07) is 15.8. The van der Waals surface area contributed by atoms with Gasteiger partial charge in [0.25, 0.3) is 0 Å². The molecule has 0 radical (unpaired) electrons. The van der Waals surface area contributed by atoms with Crippen LogP contribution in [-0.2, 0) is 14.3 Å². The Morgan fingerprint density at radius 1 is 0.964 bits per heavy atom. The van der Waals surface area contributed by atoms with Crippen LogP contribution in [0.3, 0.4) is 0 Å². The zero-order valence-corrected chi connectivity index (χ0v) is 16.6. The van der Waals surface area contributed by atoms with Crippen LogP contribution in [0.15, 0.2) is 48.5 Å². The van der Waals surface area contributed by atoms with Gasteiger partial charge >= 0.3 is 0 Å². The number of likely N-dealkylation sites (tertiary alicyclic amines) is 1. The maximum atomic E-state index is 13.4. The topological polar surface area (TPSA) is 50.8 Å². The van der Waals surface area contributed by atoms with Gasteiger partial charge in [-0.05, 0) is 30.5 Å². The summed E-state index contributed by atoms with van der Waals surface area (Å²) >= 11 is 0. The number of carbonyl (C=O) groups is 1. The van der Waals surface area contributed by atoms with E-state index in [0.717, 1.165) is 48.3 Å². The molecular weight excluding hydrogens is 352 g/mol. The molecule has 0 bridgehead atoms. The molecule has 0 saturated carbocycles. The number of nitrogens with zero attached hydrogens (tertiary/aromatic N) is 1. The van der Waals surface area contributed by atoms with Gasteiger partial charge in [0.1, 0.15) is 6.04 Å². The van der Waals surface area contributed by atoms with Gasteiger partial charge in [0.05, 0.1) is 13.2 Å². The van der Waals surface area contributed by atoms with Crippen molar-refractivity contribution in [2.45, 2.75) is 38.5 Å². The molecule has 2 aliphatic heterocycles. The van der Waals surface area contributed by atoms with Gasteiger partial charge in [-0.2, -0.15) is 0 Å². The summed E-state index contributed by atoms with van der Waals surface area (Å²) in [5.41, 5.74) is 4.07. The summed E-state index contributed by atoms with van der Waals surface area (Å²) in [7, 11) is 0. The fourth-order valence-electron chi connectivity index (χ4n) is 4.28. The molecule has 28 heavy (non-hydrogen) atoms. The van der Waals surface area contributed by atoms with Crippen molar-refractivity contribution >= 4 is 11.6 Å². The molecule has 5 nitrogen and oxygen atoms in total. The van der Waals surface area contributed by atoms with E-state index in [-0.39, 0.29) is 11.9 Å². The first kappa shape index (κ1) is 19.1. The number of carbonyl (C=O) groups excluding carboxylic acids is 1. The van der Waals surface area contributed by atoms with Crippen LogP contribution in [0, 0.1) is 13.8 Å². The van der Waals surface area contributed by atoms with E-state index in [4.69, 9.17) is 9.47 Å². The minimum absolute atomic E-state index is 0.00723. The highest BCUT2D eigenvalue weighted by Crippen LogP contribution is 2.35. The molecule has 2 heterocycles. The number of ether oxygens (including phenoxy) is 2. The Bertz CT molecular complexity index is 801. The van der Waals surface area contributed by atoms with Crippen LogP contribution in [0.2, 0.25) is 0 Å². The second-order valence-electron chi connectivity index (χ2n) is 7.71. The molecular formula is C23H28N2O3. The second-order valence-corrected chi connectivity index (χ2v) is 7.71. The highest BCUT2D eigenvalue weighted by atomic mass is 16.7. The van der Waals surface area contributed by atoms with Crippen molar-refractivity contribution < 1.29 is 14.3 Å². The Balaban J connectivity index is 1.57. The average molecular weight is 380 g/mol. The third-order valence-electron chi connectivity index (χ3n) is 5.83. The number of amides is 1. The van der Waals surface area contributed by atoms with Crippen LogP contribution in [0.5, 0.6) is 0 Å². The predicted molar refractivity (Wildman–Crippen MR) is 109 cm³/mol. The van der Waals surface area contributed by atoms with E-state index in [9.17, 15) is 4.79 Å². The largest absolute Gasteiger partial charge is 0.347 e. The van der Waals surface area contributed by atoms with Crippen LogP contribution < -0.4 is 5.32 Å². The quantitative estimate of drug-likeness (QED) is 0.876. The smallest absolute Gasteiger partial charge is 0.246 e. The molecule has 1 N–H and O–H groups in total. The zero-order chi connectivity index (χ0) is 19.6. The van der Waals surface area contributed by atoms with Crippen molar-refractivity contribution in [2.75, 3.05) is 31.6 Å². The van der Waals surface area contributed by atoms with Gasteiger partial charge in [-0.25, -0.2) is 0 Å². The van der Waals surface area contributed by atoms with Crippen LogP contribution >= 0.6 is 0 Å². The maximum Gasteiger partial charge on any atom is 0.246 e. The summed E-state index contributed by atoms with van der Waals surface area (Å²) in [5, 5.41) is 3.19. The number of anilines is 1. The molecule has 2 aromatic rings. The Hall–Kier alpha value is -2.21. The molecule has 2 aromatic carbocycles. The average Bonchev–Trinajstić information content (AvgIpc) is 3.16. The van der Waals surface area contributed by atoms with Crippen molar-refractivity contribution in [1.29, 1.82) is 0 Å². The summed E-state index contributed by atoms with van der Waals surface area (Å²) in [4.78, 5) is 15.7. The first-order valence-electron chi connectivity index (χ1n) is 10.0. The monoisotopic (exact) mass is 380 g/mol. The number of nitrogens with one attached hydrogen (secondary N) is 1. The van der Waals surface area contributed by atoms with E-state index < -0.39 is 5.79 Å². The number of rotatable bonds is 4. The molecule has 0 aliphatic carbocycles. The maximum absolute atomic E-state index is 13.4. The molecule has 1 spiro atoms. The summed E-state index contributed by atoms with van der Waals surface area (Å²) in [5.74, 6) is -0.436. The van der Waals surface area contributed by atoms with Gasteiger partial charge in [-0.1, -0.05) is 48.5 Å². The molecule has 4 rings (SSSR count). The van der Waals surface area contributed by atoms with E-state index in [2.05, 4.69) is 10.2 Å². The normalized spacial score (nSPS) is 20.2. The van der Waals surface area contributed by atoms with Crippen molar-refractivity contribution in [3.05, 3.63) is 65.2 Å². The lowest BCUT2D eigenvalue weighted by Crippen LogP contribution is -2.48. The molecule has 5 heteroatoms.